The van der Waals surface area contributed by atoms with E-state index in [4.69, 9.17) is 9.88 Å². The molecule has 0 radical (unpaired) electrons. The number of amides is 1. The van der Waals surface area contributed by atoms with Gasteiger partial charge in [-0.1, -0.05) is 12.6 Å². The van der Waals surface area contributed by atoms with Gasteiger partial charge in [-0.05, 0) is 65.9 Å². The van der Waals surface area contributed by atoms with Crippen molar-refractivity contribution in [1.29, 1.82) is 0 Å². The van der Waals surface area contributed by atoms with Gasteiger partial charge in [-0.2, -0.15) is 4.98 Å². The standard InChI is InChI=1S/C21H17N5O2S2.2H2O/c1-2-18(27)23-14-4-3-5-15(12-14)28-20-19-17(10-11-29-19)25-21(26-20)24-13-6-8-16(30-22)9-7-13;;/h2-12H,1,22H2,(H,23,27)(H,24,25,26);2*1H2. The highest BCUT2D eigenvalue weighted by atomic mass is 32.2. The lowest BCUT2D eigenvalue weighted by atomic mass is 10.3. The number of anilines is 3. The summed E-state index contributed by atoms with van der Waals surface area (Å²) < 4.78 is 6.87. The van der Waals surface area contributed by atoms with E-state index < -0.39 is 0 Å². The minimum Gasteiger partial charge on any atom is -0.437 e. The molecule has 0 bridgehead atoms. The average Bonchev–Trinajstić information content (AvgIpc) is 3.23. The summed E-state index contributed by atoms with van der Waals surface area (Å²) in [5.74, 6) is 1.10. The molecule has 0 aliphatic carbocycles. The minimum absolute atomic E-state index is 0. The molecule has 0 fully saturated rings. The first-order chi connectivity index (χ1) is 14.6. The van der Waals surface area contributed by atoms with Crippen molar-refractivity contribution >= 4 is 56.7 Å². The number of fused-ring (bicyclic) bond motifs is 1. The van der Waals surface area contributed by atoms with Gasteiger partial charge in [0.1, 0.15) is 10.4 Å². The molecule has 0 aliphatic rings. The molecule has 2 heterocycles. The van der Waals surface area contributed by atoms with Crippen molar-refractivity contribution in [2.75, 3.05) is 10.6 Å². The first kappa shape index (κ1) is 24.8. The molecule has 32 heavy (non-hydrogen) atoms. The molecule has 8 N–H and O–H groups in total. The Morgan fingerprint density at radius 1 is 1.09 bits per heavy atom. The van der Waals surface area contributed by atoms with Gasteiger partial charge in [-0.15, -0.1) is 11.3 Å². The molecule has 0 spiro atoms. The number of ether oxygens (including phenoxy) is 1. The Labute approximate surface area is 192 Å². The number of carbonyl (C=O) groups is 1. The third-order valence-electron chi connectivity index (χ3n) is 4.02. The maximum Gasteiger partial charge on any atom is 0.247 e. The summed E-state index contributed by atoms with van der Waals surface area (Å²) in [7, 11) is 0. The maximum absolute atomic E-state index is 11.5. The zero-order valence-electron chi connectivity index (χ0n) is 16.7. The van der Waals surface area contributed by atoms with Crippen molar-refractivity contribution in [2.45, 2.75) is 4.90 Å². The highest BCUT2D eigenvalue weighted by Gasteiger charge is 2.12. The summed E-state index contributed by atoms with van der Waals surface area (Å²) in [5.41, 5.74) is 2.21. The lowest BCUT2D eigenvalue weighted by Crippen LogP contribution is -2.07. The Hall–Kier alpha value is -3.48. The van der Waals surface area contributed by atoms with Crippen LogP contribution in [-0.2, 0) is 4.79 Å². The Morgan fingerprint density at radius 2 is 1.88 bits per heavy atom. The van der Waals surface area contributed by atoms with E-state index in [0.717, 1.165) is 20.8 Å². The molecule has 0 saturated carbocycles. The number of carbonyl (C=O) groups excluding carboxylic acids is 1. The normalized spacial score (nSPS) is 9.91. The third kappa shape index (κ3) is 5.81. The molecule has 9 nitrogen and oxygen atoms in total. The summed E-state index contributed by atoms with van der Waals surface area (Å²) in [6.07, 6.45) is 1.21. The highest BCUT2D eigenvalue weighted by molar-refractivity contribution is 7.97. The lowest BCUT2D eigenvalue weighted by molar-refractivity contribution is -0.111. The summed E-state index contributed by atoms with van der Waals surface area (Å²) >= 11 is 2.68. The first-order valence-electron chi connectivity index (χ1n) is 8.85. The van der Waals surface area contributed by atoms with Crippen LogP contribution in [0.1, 0.15) is 0 Å². The van der Waals surface area contributed by atoms with Crippen molar-refractivity contribution in [3.05, 3.63) is 72.6 Å². The molecular weight excluding hydrogens is 450 g/mol. The zero-order chi connectivity index (χ0) is 20.9. The van der Waals surface area contributed by atoms with Gasteiger partial charge in [0, 0.05) is 22.3 Å². The molecule has 4 rings (SSSR count). The fourth-order valence-electron chi connectivity index (χ4n) is 2.65. The van der Waals surface area contributed by atoms with Crippen LogP contribution in [0.2, 0.25) is 0 Å². The predicted octanol–water partition coefficient (Wildman–Crippen LogP) is 3.67. The van der Waals surface area contributed by atoms with E-state index in [1.807, 2.05) is 35.7 Å². The Bertz CT molecular complexity index is 1210. The molecule has 2 aromatic heterocycles. The van der Waals surface area contributed by atoms with Crippen LogP contribution < -0.4 is 20.5 Å². The minimum atomic E-state index is -0.291. The van der Waals surface area contributed by atoms with Gasteiger partial charge in [-0.25, -0.2) is 4.98 Å². The van der Waals surface area contributed by atoms with Crippen LogP contribution in [-0.4, -0.2) is 26.8 Å². The summed E-state index contributed by atoms with van der Waals surface area (Å²) in [6, 6.07) is 16.6. The van der Waals surface area contributed by atoms with E-state index in [1.54, 1.807) is 24.3 Å². The number of aromatic nitrogens is 2. The van der Waals surface area contributed by atoms with Gasteiger partial charge < -0.3 is 26.3 Å². The summed E-state index contributed by atoms with van der Waals surface area (Å²) in [5, 5.41) is 13.4. The van der Waals surface area contributed by atoms with Gasteiger partial charge in [0.25, 0.3) is 0 Å². The van der Waals surface area contributed by atoms with Crippen LogP contribution in [0, 0.1) is 0 Å². The fourth-order valence-corrected chi connectivity index (χ4v) is 3.70. The second kappa shape index (κ2) is 11.2. The number of nitrogens with two attached hydrogens (primary N) is 1. The smallest absolute Gasteiger partial charge is 0.247 e. The molecule has 4 aromatic rings. The lowest BCUT2D eigenvalue weighted by Gasteiger charge is -2.10. The molecule has 11 heteroatoms. The van der Waals surface area contributed by atoms with E-state index in [1.165, 1.54) is 29.4 Å². The average molecular weight is 472 g/mol. The first-order valence-corrected chi connectivity index (χ1v) is 10.6. The quantitative estimate of drug-likeness (QED) is 0.273. The Kier molecular flexibility index (Phi) is 8.70. The molecule has 166 valence electrons. The van der Waals surface area contributed by atoms with Crippen LogP contribution in [0.5, 0.6) is 11.6 Å². The van der Waals surface area contributed by atoms with Crippen molar-refractivity contribution in [3.63, 3.8) is 0 Å². The number of benzene rings is 2. The molecule has 2 aromatic carbocycles. The van der Waals surface area contributed by atoms with Crippen molar-refractivity contribution in [1.82, 2.24) is 9.97 Å². The second-order valence-electron chi connectivity index (χ2n) is 6.08. The van der Waals surface area contributed by atoms with E-state index >= 15 is 0 Å². The molecule has 1 amide bonds. The van der Waals surface area contributed by atoms with Crippen molar-refractivity contribution in [2.24, 2.45) is 5.14 Å². The van der Waals surface area contributed by atoms with E-state index in [-0.39, 0.29) is 16.9 Å². The van der Waals surface area contributed by atoms with Gasteiger partial charge in [0.2, 0.25) is 17.7 Å². The summed E-state index contributed by atoms with van der Waals surface area (Å²) in [4.78, 5) is 21.6. The number of nitrogens with one attached hydrogen (secondary N) is 2. The maximum atomic E-state index is 11.5. The van der Waals surface area contributed by atoms with E-state index in [0.29, 0.717) is 23.3 Å². The second-order valence-corrected chi connectivity index (χ2v) is 7.70. The zero-order valence-corrected chi connectivity index (χ0v) is 18.3. The number of hydrogen-bond donors (Lipinski definition) is 3. The molecule has 0 aliphatic heterocycles. The van der Waals surface area contributed by atoms with Crippen LogP contribution in [0.4, 0.5) is 17.3 Å². The van der Waals surface area contributed by atoms with Gasteiger partial charge in [0.05, 0.1) is 5.52 Å². The van der Waals surface area contributed by atoms with E-state index in [9.17, 15) is 4.79 Å². The SMILES string of the molecule is C=CC(=O)Nc1cccc(Oc2nc(Nc3ccc(SN)cc3)nc3ccsc23)c1.O.O. The van der Waals surface area contributed by atoms with Crippen LogP contribution in [0.3, 0.4) is 0 Å². The van der Waals surface area contributed by atoms with Crippen LogP contribution in [0.25, 0.3) is 10.2 Å². The van der Waals surface area contributed by atoms with Crippen LogP contribution >= 0.6 is 23.3 Å². The number of thiophene rings is 1. The van der Waals surface area contributed by atoms with Crippen molar-refractivity contribution < 1.29 is 20.5 Å². The topological polar surface area (TPSA) is 165 Å². The third-order valence-corrected chi connectivity index (χ3v) is 5.46. The number of hydrogen-bond acceptors (Lipinski definition) is 8. The molecule has 0 unspecified atom stereocenters. The molecular formula is C21H21N5O4S2. The largest absolute Gasteiger partial charge is 0.437 e. The van der Waals surface area contributed by atoms with E-state index in [2.05, 4.69) is 27.2 Å². The van der Waals surface area contributed by atoms with Crippen molar-refractivity contribution in [3.8, 4) is 11.6 Å². The van der Waals surface area contributed by atoms with Gasteiger partial charge in [0.15, 0.2) is 0 Å². The highest BCUT2D eigenvalue weighted by Crippen LogP contribution is 2.33. The monoisotopic (exact) mass is 471 g/mol. The molecule has 0 saturated heterocycles. The Balaban J connectivity index is 0.00000181. The fraction of sp³-hybridized carbons (Fsp3) is 0. The Morgan fingerprint density at radius 3 is 2.59 bits per heavy atom. The predicted molar refractivity (Wildman–Crippen MR) is 130 cm³/mol. The van der Waals surface area contributed by atoms with Gasteiger partial charge >= 0.3 is 0 Å². The number of nitrogens with zero attached hydrogens (tertiary/aromatic N) is 2. The van der Waals surface area contributed by atoms with Crippen LogP contribution in [0.15, 0.2) is 77.5 Å². The van der Waals surface area contributed by atoms with Gasteiger partial charge in [-0.3, -0.25) is 9.93 Å². The molecule has 0 atom stereocenters. The number of rotatable bonds is 7. The summed E-state index contributed by atoms with van der Waals surface area (Å²) in [6.45, 7) is 3.46.